The molecule has 0 aliphatic heterocycles. The number of benzene rings is 1. The van der Waals surface area contributed by atoms with Crippen molar-refractivity contribution in [3.8, 4) is 0 Å². The molecule has 0 fully saturated rings. The molecule has 0 spiro atoms. The second-order valence-electron chi connectivity index (χ2n) is 5.09. The van der Waals surface area contributed by atoms with Crippen LogP contribution in [0, 0.1) is 11.7 Å². The Labute approximate surface area is 121 Å². The van der Waals surface area contributed by atoms with Crippen molar-refractivity contribution in [2.24, 2.45) is 5.92 Å². The Bertz CT molecular complexity index is 377. The third-order valence-electron chi connectivity index (χ3n) is 3.76. The topological polar surface area (TPSA) is 12.0 Å². The van der Waals surface area contributed by atoms with Crippen LogP contribution in [-0.4, -0.2) is 12.6 Å². The normalized spacial score (nSPS) is 12.9. The van der Waals surface area contributed by atoms with E-state index in [1.807, 2.05) is 12.1 Å². The first-order valence-electron chi connectivity index (χ1n) is 7.28. The van der Waals surface area contributed by atoms with Gasteiger partial charge >= 0.3 is 0 Å². The maximum atomic E-state index is 13.9. The molecule has 0 amide bonds. The molecule has 0 bridgehead atoms. The summed E-state index contributed by atoms with van der Waals surface area (Å²) in [4.78, 5) is 0. The molecule has 0 heterocycles. The van der Waals surface area contributed by atoms with Crippen LogP contribution in [0.4, 0.5) is 4.39 Å². The summed E-state index contributed by atoms with van der Waals surface area (Å²) < 4.78 is 13.9. The molecule has 0 saturated heterocycles. The third-order valence-corrected chi connectivity index (χ3v) is 4.06. The molecule has 108 valence electrons. The summed E-state index contributed by atoms with van der Waals surface area (Å²) in [5.74, 6) is 0.433. The summed E-state index contributed by atoms with van der Waals surface area (Å²) in [6, 6.07) is 5.57. The maximum absolute atomic E-state index is 13.9. The van der Waals surface area contributed by atoms with Crippen LogP contribution in [0.2, 0.25) is 5.02 Å². The van der Waals surface area contributed by atoms with E-state index in [1.165, 1.54) is 12.8 Å². The van der Waals surface area contributed by atoms with Crippen molar-refractivity contribution >= 4 is 11.6 Å². The Morgan fingerprint density at radius 2 is 1.89 bits per heavy atom. The highest BCUT2D eigenvalue weighted by Gasteiger charge is 2.16. The number of likely N-dealkylation sites (N-methyl/N-ethyl adjacent to an activating group) is 1. The van der Waals surface area contributed by atoms with Crippen LogP contribution in [0.5, 0.6) is 0 Å². The highest BCUT2D eigenvalue weighted by Crippen LogP contribution is 2.22. The molecule has 1 rings (SSSR count). The quantitative estimate of drug-likeness (QED) is 0.722. The number of halogens is 2. The van der Waals surface area contributed by atoms with Gasteiger partial charge in [-0.05, 0) is 36.9 Å². The number of nitrogens with one attached hydrogen (secondary N) is 1. The zero-order valence-corrected chi connectivity index (χ0v) is 12.9. The summed E-state index contributed by atoms with van der Waals surface area (Å²) in [7, 11) is 0. The van der Waals surface area contributed by atoms with Crippen LogP contribution in [0.1, 0.15) is 45.6 Å². The average Bonchev–Trinajstić information content (AvgIpc) is 2.41. The van der Waals surface area contributed by atoms with Crippen molar-refractivity contribution in [3.63, 3.8) is 0 Å². The van der Waals surface area contributed by atoms with Crippen molar-refractivity contribution < 1.29 is 4.39 Å². The van der Waals surface area contributed by atoms with Gasteiger partial charge in [-0.2, -0.15) is 0 Å². The van der Waals surface area contributed by atoms with Crippen molar-refractivity contribution in [3.05, 3.63) is 34.6 Å². The van der Waals surface area contributed by atoms with E-state index in [-0.39, 0.29) is 10.8 Å². The van der Waals surface area contributed by atoms with E-state index in [1.54, 1.807) is 6.07 Å². The molecule has 19 heavy (non-hydrogen) atoms. The molecule has 1 aromatic carbocycles. The second-order valence-corrected chi connectivity index (χ2v) is 5.50. The first-order valence-corrected chi connectivity index (χ1v) is 7.66. The van der Waals surface area contributed by atoms with Crippen molar-refractivity contribution in [1.29, 1.82) is 0 Å². The maximum Gasteiger partial charge on any atom is 0.145 e. The molecule has 1 atom stereocenters. The highest BCUT2D eigenvalue weighted by atomic mass is 35.5. The zero-order valence-electron chi connectivity index (χ0n) is 12.2. The van der Waals surface area contributed by atoms with Crippen LogP contribution in [0.15, 0.2) is 18.2 Å². The monoisotopic (exact) mass is 285 g/mol. The molecule has 0 saturated carbocycles. The zero-order chi connectivity index (χ0) is 14.3. The smallest absolute Gasteiger partial charge is 0.145 e. The number of rotatable bonds is 8. The summed E-state index contributed by atoms with van der Waals surface area (Å²) in [6.45, 7) is 7.44. The minimum atomic E-state index is -0.267. The van der Waals surface area contributed by atoms with Gasteiger partial charge in [0, 0.05) is 6.04 Å². The van der Waals surface area contributed by atoms with Crippen LogP contribution >= 0.6 is 11.6 Å². The van der Waals surface area contributed by atoms with Gasteiger partial charge in [-0.1, -0.05) is 57.3 Å². The fourth-order valence-corrected chi connectivity index (χ4v) is 2.72. The molecule has 1 aromatic rings. The molecule has 0 aromatic heterocycles. The molecule has 0 aliphatic carbocycles. The summed E-state index contributed by atoms with van der Waals surface area (Å²) in [6.07, 6.45) is 4.15. The minimum Gasteiger partial charge on any atom is -0.314 e. The van der Waals surface area contributed by atoms with E-state index in [2.05, 4.69) is 26.1 Å². The lowest BCUT2D eigenvalue weighted by atomic mass is 9.91. The summed E-state index contributed by atoms with van der Waals surface area (Å²) >= 11 is 5.84. The van der Waals surface area contributed by atoms with Gasteiger partial charge in [0.05, 0.1) is 5.02 Å². The molecule has 1 unspecified atom stereocenters. The van der Waals surface area contributed by atoms with Gasteiger partial charge in [0.25, 0.3) is 0 Å². The number of hydrogen-bond donors (Lipinski definition) is 1. The van der Waals surface area contributed by atoms with Gasteiger partial charge in [-0.25, -0.2) is 4.39 Å². The van der Waals surface area contributed by atoms with E-state index >= 15 is 0 Å². The van der Waals surface area contributed by atoms with Crippen LogP contribution in [0.3, 0.4) is 0 Å². The molecular weight excluding hydrogens is 261 g/mol. The minimum absolute atomic E-state index is 0.218. The van der Waals surface area contributed by atoms with Crippen LogP contribution in [-0.2, 0) is 6.42 Å². The van der Waals surface area contributed by atoms with Gasteiger partial charge in [0.15, 0.2) is 0 Å². The first kappa shape index (κ1) is 16.5. The molecule has 3 heteroatoms. The molecule has 0 radical (unpaired) electrons. The van der Waals surface area contributed by atoms with E-state index < -0.39 is 0 Å². The predicted molar refractivity (Wildman–Crippen MR) is 81.3 cm³/mol. The Balaban J connectivity index is 2.74. The third kappa shape index (κ3) is 5.12. The molecule has 0 aliphatic rings. The second kappa shape index (κ2) is 8.55. The Morgan fingerprint density at radius 1 is 1.21 bits per heavy atom. The Kier molecular flexibility index (Phi) is 7.40. The van der Waals surface area contributed by atoms with Crippen LogP contribution in [0.25, 0.3) is 0 Å². The van der Waals surface area contributed by atoms with Crippen LogP contribution < -0.4 is 5.32 Å². The molecular formula is C16H25ClFN. The van der Waals surface area contributed by atoms with E-state index in [0.717, 1.165) is 13.0 Å². The molecule has 1 nitrogen and oxygen atoms in total. The van der Waals surface area contributed by atoms with Gasteiger partial charge in [-0.3, -0.25) is 0 Å². The standard InChI is InChI=1S/C16H25ClFN/c1-4-12(5-2)10-14(19-6-3)11-13-8-7-9-15(17)16(13)18/h7-9,12,14,19H,4-6,10-11H2,1-3H3. The predicted octanol–water partition coefficient (Wildman–Crippen LogP) is 4.83. The van der Waals surface area contributed by atoms with Gasteiger partial charge < -0.3 is 5.32 Å². The highest BCUT2D eigenvalue weighted by molar-refractivity contribution is 6.30. The van der Waals surface area contributed by atoms with E-state index in [9.17, 15) is 4.39 Å². The SMILES string of the molecule is CCNC(Cc1cccc(Cl)c1F)CC(CC)CC. The average molecular weight is 286 g/mol. The fraction of sp³-hybridized carbons (Fsp3) is 0.625. The Morgan fingerprint density at radius 3 is 2.47 bits per heavy atom. The first-order chi connectivity index (χ1) is 9.12. The van der Waals surface area contributed by atoms with Crippen molar-refractivity contribution in [1.82, 2.24) is 5.32 Å². The van der Waals surface area contributed by atoms with E-state index in [0.29, 0.717) is 23.9 Å². The largest absolute Gasteiger partial charge is 0.314 e. The summed E-state index contributed by atoms with van der Waals surface area (Å²) in [5, 5.41) is 3.68. The fourth-order valence-electron chi connectivity index (χ4n) is 2.52. The van der Waals surface area contributed by atoms with Crippen molar-refractivity contribution in [2.45, 2.75) is 52.5 Å². The van der Waals surface area contributed by atoms with Gasteiger partial charge in [0.2, 0.25) is 0 Å². The van der Waals surface area contributed by atoms with Crippen molar-refractivity contribution in [2.75, 3.05) is 6.54 Å². The lowest BCUT2D eigenvalue weighted by Crippen LogP contribution is -2.33. The molecule has 1 N–H and O–H groups in total. The van der Waals surface area contributed by atoms with Gasteiger partial charge in [-0.15, -0.1) is 0 Å². The van der Waals surface area contributed by atoms with E-state index in [4.69, 9.17) is 11.6 Å². The lowest BCUT2D eigenvalue weighted by molar-refractivity contribution is 0.365. The summed E-state index contributed by atoms with van der Waals surface area (Å²) in [5.41, 5.74) is 0.712. The lowest BCUT2D eigenvalue weighted by Gasteiger charge is -2.23. The van der Waals surface area contributed by atoms with Gasteiger partial charge in [0.1, 0.15) is 5.82 Å². The number of hydrogen-bond acceptors (Lipinski definition) is 1. The Hall–Kier alpha value is -0.600.